The van der Waals surface area contributed by atoms with Crippen LogP contribution in [0.25, 0.3) is 0 Å². The van der Waals surface area contributed by atoms with Crippen LogP contribution < -0.4 is 4.90 Å². The Morgan fingerprint density at radius 1 is 1.38 bits per heavy atom. The average Bonchev–Trinajstić information content (AvgIpc) is 3.17. The van der Waals surface area contributed by atoms with Gasteiger partial charge in [-0.15, -0.1) is 11.3 Å². The lowest BCUT2D eigenvalue weighted by Crippen LogP contribution is -2.42. The fourth-order valence-electron chi connectivity index (χ4n) is 2.99. The number of aromatic nitrogens is 1. The van der Waals surface area contributed by atoms with Crippen LogP contribution in [0.5, 0.6) is 0 Å². The largest absolute Gasteiger partial charge is 0.329 e. The molecule has 2 amide bonds. The monoisotopic (exact) mass is 343 g/mol. The number of anilines is 1. The molecule has 1 aliphatic heterocycles. The van der Waals surface area contributed by atoms with E-state index in [4.69, 9.17) is 0 Å². The van der Waals surface area contributed by atoms with Gasteiger partial charge < -0.3 is 9.80 Å². The number of hydrogen-bond donors (Lipinski definition) is 0. The second kappa shape index (κ2) is 6.73. The van der Waals surface area contributed by atoms with Crippen molar-refractivity contribution >= 4 is 28.8 Å². The van der Waals surface area contributed by atoms with Gasteiger partial charge in [-0.1, -0.05) is 25.1 Å². The van der Waals surface area contributed by atoms with Gasteiger partial charge in [-0.05, 0) is 31.9 Å². The molecule has 3 rings (SSSR count). The van der Waals surface area contributed by atoms with E-state index >= 15 is 0 Å². The number of rotatable bonds is 4. The van der Waals surface area contributed by atoms with E-state index in [9.17, 15) is 9.59 Å². The second-order valence-corrected chi connectivity index (χ2v) is 7.01. The maximum absolute atomic E-state index is 12.8. The zero-order chi connectivity index (χ0) is 17.3. The predicted octanol–water partition coefficient (Wildman–Crippen LogP) is 2.89. The Hall–Kier alpha value is -2.21. The van der Waals surface area contributed by atoms with Gasteiger partial charge in [0, 0.05) is 19.3 Å². The van der Waals surface area contributed by atoms with E-state index in [-0.39, 0.29) is 11.8 Å². The Morgan fingerprint density at radius 2 is 2.08 bits per heavy atom. The third-order valence-electron chi connectivity index (χ3n) is 4.37. The summed E-state index contributed by atoms with van der Waals surface area (Å²) in [4.78, 5) is 33.9. The molecule has 0 aliphatic carbocycles. The van der Waals surface area contributed by atoms with E-state index in [1.165, 1.54) is 11.3 Å². The summed E-state index contributed by atoms with van der Waals surface area (Å²) in [7, 11) is 1.71. The van der Waals surface area contributed by atoms with Crippen molar-refractivity contribution < 1.29 is 9.59 Å². The lowest BCUT2D eigenvalue weighted by molar-refractivity contribution is -0.120. The highest BCUT2D eigenvalue weighted by atomic mass is 32.1. The van der Waals surface area contributed by atoms with Gasteiger partial charge in [0.25, 0.3) is 5.91 Å². The third kappa shape index (κ3) is 2.94. The van der Waals surface area contributed by atoms with Crippen LogP contribution in [-0.4, -0.2) is 41.3 Å². The lowest BCUT2D eigenvalue weighted by Gasteiger charge is -2.23. The quantitative estimate of drug-likeness (QED) is 0.858. The summed E-state index contributed by atoms with van der Waals surface area (Å²) in [6.45, 7) is 4.50. The van der Waals surface area contributed by atoms with Gasteiger partial charge in [-0.25, -0.2) is 4.98 Å². The standard InChI is InChI=1S/C18H21N3O2S/c1-4-15-19-12(2)16(24-15)18(23)20(3)14-10-11-21(17(14)22)13-8-6-5-7-9-13/h5-9,14H,4,10-11H2,1-3H3. The van der Waals surface area contributed by atoms with E-state index in [0.29, 0.717) is 17.8 Å². The van der Waals surface area contributed by atoms with Crippen molar-refractivity contribution in [1.29, 1.82) is 0 Å². The molecule has 1 aromatic heterocycles. The zero-order valence-electron chi connectivity index (χ0n) is 14.2. The maximum atomic E-state index is 12.8. The van der Waals surface area contributed by atoms with Crippen LogP contribution in [0.15, 0.2) is 30.3 Å². The summed E-state index contributed by atoms with van der Waals surface area (Å²) < 4.78 is 0. The molecule has 0 radical (unpaired) electrons. The molecule has 6 heteroatoms. The third-order valence-corrected chi connectivity index (χ3v) is 5.66. The molecule has 1 atom stereocenters. The van der Waals surface area contributed by atoms with Crippen LogP contribution in [0.2, 0.25) is 0 Å². The van der Waals surface area contributed by atoms with E-state index in [2.05, 4.69) is 4.98 Å². The number of benzene rings is 1. The Balaban J connectivity index is 1.78. The van der Waals surface area contributed by atoms with Gasteiger partial charge in [0.1, 0.15) is 10.9 Å². The molecule has 1 unspecified atom stereocenters. The van der Waals surface area contributed by atoms with E-state index in [0.717, 1.165) is 22.8 Å². The molecule has 1 fully saturated rings. The van der Waals surface area contributed by atoms with Crippen molar-refractivity contribution in [3.05, 3.63) is 45.9 Å². The topological polar surface area (TPSA) is 53.5 Å². The van der Waals surface area contributed by atoms with E-state index in [1.54, 1.807) is 16.8 Å². The molecular weight excluding hydrogens is 322 g/mol. The van der Waals surface area contributed by atoms with Crippen molar-refractivity contribution in [2.24, 2.45) is 0 Å². The minimum Gasteiger partial charge on any atom is -0.329 e. The van der Waals surface area contributed by atoms with Gasteiger partial charge >= 0.3 is 0 Å². The minimum atomic E-state index is -0.413. The van der Waals surface area contributed by atoms with Gasteiger partial charge in [0.2, 0.25) is 5.91 Å². The molecular formula is C18H21N3O2S. The SMILES string of the molecule is CCc1nc(C)c(C(=O)N(C)C2CCN(c3ccccc3)C2=O)s1. The van der Waals surface area contributed by atoms with Crippen LogP contribution >= 0.6 is 11.3 Å². The van der Waals surface area contributed by atoms with Gasteiger partial charge in [0.15, 0.2) is 0 Å². The number of nitrogens with zero attached hydrogens (tertiary/aromatic N) is 3. The molecule has 0 saturated carbocycles. The number of carbonyl (C=O) groups excluding carboxylic acids is 2. The minimum absolute atomic E-state index is 0.0186. The van der Waals surface area contributed by atoms with Crippen LogP contribution in [0, 0.1) is 6.92 Å². The first-order valence-corrected chi connectivity index (χ1v) is 8.94. The van der Waals surface area contributed by atoms with Crippen LogP contribution in [0.4, 0.5) is 5.69 Å². The molecule has 126 valence electrons. The molecule has 24 heavy (non-hydrogen) atoms. The van der Waals surface area contributed by atoms with Gasteiger partial charge in [-0.3, -0.25) is 9.59 Å². The number of thiazole rings is 1. The van der Waals surface area contributed by atoms with Gasteiger partial charge in [-0.2, -0.15) is 0 Å². The summed E-state index contributed by atoms with van der Waals surface area (Å²) in [5, 5.41) is 0.952. The maximum Gasteiger partial charge on any atom is 0.266 e. The van der Waals surface area contributed by atoms with E-state index in [1.807, 2.05) is 44.2 Å². The van der Waals surface area contributed by atoms with Crippen LogP contribution in [-0.2, 0) is 11.2 Å². The fraction of sp³-hybridized carbons (Fsp3) is 0.389. The molecule has 1 aromatic carbocycles. The highest BCUT2D eigenvalue weighted by Gasteiger charge is 2.38. The number of hydrogen-bond acceptors (Lipinski definition) is 4. The number of aryl methyl sites for hydroxylation is 2. The summed E-state index contributed by atoms with van der Waals surface area (Å²) in [6, 6.07) is 9.18. The van der Waals surface area contributed by atoms with Crippen molar-refractivity contribution in [1.82, 2.24) is 9.88 Å². The fourth-order valence-corrected chi connectivity index (χ4v) is 3.98. The molecule has 1 aliphatic rings. The number of amides is 2. The van der Waals surface area contributed by atoms with Gasteiger partial charge in [0.05, 0.1) is 10.7 Å². The van der Waals surface area contributed by atoms with Crippen molar-refractivity contribution in [3.63, 3.8) is 0 Å². The average molecular weight is 343 g/mol. The number of likely N-dealkylation sites (N-methyl/N-ethyl adjacent to an activating group) is 1. The Morgan fingerprint density at radius 3 is 2.71 bits per heavy atom. The Labute approximate surface area is 145 Å². The first-order valence-electron chi connectivity index (χ1n) is 8.12. The first kappa shape index (κ1) is 16.6. The summed E-state index contributed by atoms with van der Waals surface area (Å²) in [5.74, 6) is -0.132. The molecule has 0 N–H and O–H groups in total. The smallest absolute Gasteiger partial charge is 0.266 e. The molecule has 0 bridgehead atoms. The zero-order valence-corrected chi connectivity index (χ0v) is 15.0. The van der Waals surface area contributed by atoms with Crippen molar-refractivity contribution in [2.75, 3.05) is 18.5 Å². The summed E-state index contributed by atoms with van der Waals surface area (Å²) in [6.07, 6.45) is 1.46. The van der Waals surface area contributed by atoms with Crippen LogP contribution in [0.1, 0.15) is 33.7 Å². The molecule has 2 aromatic rings. The lowest BCUT2D eigenvalue weighted by atomic mass is 10.2. The highest BCUT2D eigenvalue weighted by Crippen LogP contribution is 2.26. The Kier molecular flexibility index (Phi) is 4.66. The number of para-hydroxylation sites is 1. The molecule has 1 saturated heterocycles. The normalized spacial score (nSPS) is 17.4. The summed E-state index contributed by atoms with van der Waals surface area (Å²) in [5.41, 5.74) is 1.63. The Bertz CT molecular complexity index is 757. The second-order valence-electron chi connectivity index (χ2n) is 5.92. The van der Waals surface area contributed by atoms with E-state index < -0.39 is 6.04 Å². The van der Waals surface area contributed by atoms with Crippen molar-refractivity contribution in [2.45, 2.75) is 32.7 Å². The number of carbonyl (C=O) groups is 2. The summed E-state index contributed by atoms with van der Waals surface area (Å²) >= 11 is 1.43. The predicted molar refractivity (Wildman–Crippen MR) is 95.5 cm³/mol. The highest BCUT2D eigenvalue weighted by molar-refractivity contribution is 7.13. The first-order chi connectivity index (χ1) is 11.5. The molecule has 2 heterocycles. The molecule has 0 spiro atoms. The van der Waals surface area contributed by atoms with Crippen molar-refractivity contribution in [3.8, 4) is 0 Å². The van der Waals surface area contributed by atoms with Crippen LogP contribution in [0.3, 0.4) is 0 Å². The molecule has 5 nitrogen and oxygen atoms in total.